The van der Waals surface area contributed by atoms with Crippen LogP contribution in [0.5, 0.6) is 5.75 Å². The van der Waals surface area contributed by atoms with Crippen LogP contribution in [-0.2, 0) is 6.54 Å². The number of carbonyl (C=O) groups excluding carboxylic acids is 1. The maximum absolute atomic E-state index is 12.0. The average Bonchev–Trinajstić information content (AvgIpc) is 2.39. The summed E-state index contributed by atoms with van der Waals surface area (Å²) in [6, 6.07) is 13.5. The predicted octanol–water partition coefficient (Wildman–Crippen LogP) is 2.10. The van der Waals surface area contributed by atoms with Gasteiger partial charge in [0, 0.05) is 23.9 Å². The van der Waals surface area contributed by atoms with E-state index >= 15 is 0 Å². The Hall–Kier alpha value is -2.33. The van der Waals surface area contributed by atoms with Gasteiger partial charge in [0.05, 0.1) is 0 Å². The van der Waals surface area contributed by atoms with Crippen molar-refractivity contribution in [3.05, 3.63) is 59.7 Å². The number of aromatic hydroxyl groups is 1. The van der Waals surface area contributed by atoms with Crippen LogP contribution in [0.2, 0.25) is 0 Å². The molecule has 92 valence electrons. The van der Waals surface area contributed by atoms with Gasteiger partial charge in [-0.2, -0.15) is 0 Å². The van der Waals surface area contributed by atoms with E-state index in [9.17, 15) is 9.90 Å². The van der Waals surface area contributed by atoms with Crippen LogP contribution in [0.15, 0.2) is 48.5 Å². The molecule has 0 fully saturated rings. The molecule has 4 N–H and O–H groups in total. The zero-order valence-corrected chi connectivity index (χ0v) is 9.76. The minimum atomic E-state index is -0.226. The largest absolute Gasteiger partial charge is 0.508 e. The quantitative estimate of drug-likeness (QED) is 0.771. The van der Waals surface area contributed by atoms with Crippen LogP contribution in [0.1, 0.15) is 15.9 Å². The zero-order chi connectivity index (χ0) is 13.0. The Kier molecular flexibility index (Phi) is 3.60. The lowest BCUT2D eigenvalue weighted by Crippen LogP contribution is -2.12. The van der Waals surface area contributed by atoms with Gasteiger partial charge >= 0.3 is 0 Å². The van der Waals surface area contributed by atoms with Crippen LogP contribution in [0.4, 0.5) is 5.69 Å². The molecule has 0 unspecified atom stereocenters. The molecular weight excluding hydrogens is 228 g/mol. The summed E-state index contributed by atoms with van der Waals surface area (Å²) >= 11 is 0. The molecule has 0 aliphatic carbocycles. The number of anilines is 1. The Morgan fingerprint density at radius 2 is 1.94 bits per heavy atom. The van der Waals surface area contributed by atoms with Crippen LogP contribution in [0.3, 0.4) is 0 Å². The van der Waals surface area contributed by atoms with Crippen molar-refractivity contribution in [3.63, 3.8) is 0 Å². The highest BCUT2D eigenvalue weighted by molar-refractivity contribution is 6.04. The molecule has 0 aliphatic rings. The van der Waals surface area contributed by atoms with Gasteiger partial charge in [-0.05, 0) is 29.8 Å². The smallest absolute Gasteiger partial charge is 0.255 e. The Bertz CT molecular complexity index is 567. The minimum absolute atomic E-state index is 0.114. The Morgan fingerprint density at radius 3 is 2.67 bits per heavy atom. The number of phenolic OH excluding ortho intramolecular Hbond substituents is 1. The van der Waals surface area contributed by atoms with Crippen molar-refractivity contribution in [2.24, 2.45) is 5.73 Å². The van der Waals surface area contributed by atoms with Crippen LogP contribution in [0.25, 0.3) is 0 Å². The highest BCUT2D eigenvalue weighted by Crippen LogP contribution is 2.16. The summed E-state index contributed by atoms with van der Waals surface area (Å²) in [5, 5.41) is 12.0. The number of benzene rings is 2. The van der Waals surface area contributed by atoms with Gasteiger partial charge in [0.2, 0.25) is 0 Å². The summed E-state index contributed by atoms with van der Waals surface area (Å²) in [6.07, 6.45) is 0. The molecule has 4 heteroatoms. The van der Waals surface area contributed by atoms with E-state index in [-0.39, 0.29) is 11.7 Å². The molecule has 0 spiro atoms. The first kappa shape index (κ1) is 12.1. The fourth-order valence-corrected chi connectivity index (χ4v) is 1.63. The van der Waals surface area contributed by atoms with Gasteiger partial charge in [-0.1, -0.05) is 18.2 Å². The number of rotatable bonds is 3. The maximum atomic E-state index is 12.0. The van der Waals surface area contributed by atoms with Crippen LogP contribution < -0.4 is 11.1 Å². The second kappa shape index (κ2) is 5.33. The summed E-state index contributed by atoms with van der Waals surface area (Å²) in [5.74, 6) is -0.112. The molecule has 2 rings (SSSR count). The lowest BCUT2D eigenvalue weighted by Gasteiger charge is -2.06. The molecule has 0 aromatic heterocycles. The van der Waals surface area contributed by atoms with E-state index in [2.05, 4.69) is 5.32 Å². The third-order valence-corrected chi connectivity index (χ3v) is 2.53. The van der Waals surface area contributed by atoms with Crippen molar-refractivity contribution in [2.45, 2.75) is 6.54 Å². The van der Waals surface area contributed by atoms with Gasteiger partial charge in [0.1, 0.15) is 5.75 Å². The fourth-order valence-electron chi connectivity index (χ4n) is 1.63. The molecule has 0 heterocycles. The summed E-state index contributed by atoms with van der Waals surface area (Å²) in [6.45, 7) is 0.396. The second-order valence-electron chi connectivity index (χ2n) is 3.91. The molecule has 4 nitrogen and oxygen atoms in total. The molecular formula is C14H14N2O2. The van der Waals surface area contributed by atoms with Gasteiger partial charge in [0.15, 0.2) is 0 Å². The van der Waals surface area contributed by atoms with Crippen molar-refractivity contribution >= 4 is 11.6 Å². The SMILES string of the molecule is NCc1cccc(C(=O)Nc2cccc(O)c2)c1. The third-order valence-electron chi connectivity index (χ3n) is 2.53. The van der Waals surface area contributed by atoms with E-state index in [1.807, 2.05) is 6.07 Å². The first-order valence-electron chi connectivity index (χ1n) is 5.58. The number of nitrogens with two attached hydrogens (primary N) is 1. The van der Waals surface area contributed by atoms with Gasteiger partial charge in [0.25, 0.3) is 5.91 Å². The first-order valence-corrected chi connectivity index (χ1v) is 5.58. The van der Waals surface area contributed by atoms with Gasteiger partial charge in [-0.15, -0.1) is 0 Å². The average molecular weight is 242 g/mol. The van der Waals surface area contributed by atoms with Crippen molar-refractivity contribution in [3.8, 4) is 5.75 Å². The molecule has 0 atom stereocenters. The standard InChI is InChI=1S/C14H14N2O2/c15-9-10-3-1-4-11(7-10)14(18)16-12-5-2-6-13(17)8-12/h1-8,17H,9,15H2,(H,16,18). The molecule has 0 bridgehead atoms. The van der Waals surface area contributed by atoms with Crippen LogP contribution >= 0.6 is 0 Å². The van der Waals surface area contributed by atoms with E-state index < -0.39 is 0 Å². The van der Waals surface area contributed by atoms with Crippen molar-refractivity contribution in [2.75, 3.05) is 5.32 Å². The molecule has 1 amide bonds. The Labute approximate surface area is 105 Å². The fraction of sp³-hybridized carbons (Fsp3) is 0.0714. The van der Waals surface area contributed by atoms with E-state index in [0.29, 0.717) is 17.8 Å². The number of carbonyl (C=O) groups is 1. The third kappa shape index (κ3) is 2.87. The number of phenols is 1. The number of hydrogen-bond acceptors (Lipinski definition) is 3. The highest BCUT2D eigenvalue weighted by atomic mass is 16.3. The topological polar surface area (TPSA) is 75.4 Å². The van der Waals surface area contributed by atoms with E-state index in [4.69, 9.17) is 5.73 Å². The number of amides is 1. The first-order chi connectivity index (χ1) is 8.69. The second-order valence-corrected chi connectivity index (χ2v) is 3.91. The molecule has 2 aromatic rings. The maximum Gasteiger partial charge on any atom is 0.255 e. The van der Waals surface area contributed by atoms with Gasteiger partial charge in [-0.3, -0.25) is 4.79 Å². The molecule has 2 aromatic carbocycles. The summed E-state index contributed by atoms with van der Waals surface area (Å²) in [7, 11) is 0. The monoisotopic (exact) mass is 242 g/mol. The molecule has 0 saturated carbocycles. The summed E-state index contributed by atoms with van der Waals surface area (Å²) in [4.78, 5) is 12.0. The van der Waals surface area contributed by atoms with Crippen molar-refractivity contribution in [1.82, 2.24) is 0 Å². The predicted molar refractivity (Wildman–Crippen MR) is 70.4 cm³/mol. The van der Waals surface area contributed by atoms with E-state index in [1.54, 1.807) is 36.4 Å². The lowest BCUT2D eigenvalue weighted by molar-refractivity contribution is 0.102. The Balaban J connectivity index is 2.16. The van der Waals surface area contributed by atoms with E-state index in [1.165, 1.54) is 6.07 Å². The Morgan fingerprint density at radius 1 is 1.17 bits per heavy atom. The summed E-state index contributed by atoms with van der Waals surface area (Å²) in [5.41, 5.74) is 7.52. The normalized spacial score (nSPS) is 10.1. The van der Waals surface area contributed by atoms with Gasteiger partial charge in [-0.25, -0.2) is 0 Å². The lowest BCUT2D eigenvalue weighted by atomic mass is 10.1. The van der Waals surface area contributed by atoms with Crippen molar-refractivity contribution in [1.29, 1.82) is 0 Å². The number of hydrogen-bond donors (Lipinski definition) is 3. The van der Waals surface area contributed by atoms with Crippen LogP contribution in [-0.4, -0.2) is 11.0 Å². The van der Waals surface area contributed by atoms with E-state index in [0.717, 1.165) is 5.56 Å². The van der Waals surface area contributed by atoms with Crippen LogP contribution in [0, 0.1) is 0 Å². The van der Waals surface area contributed by atoms with Gasteiger partial charge < -0.3 is 16.2 Å². The molecule has 0 radical (unpaired) electrons. The highest BCUT2D eigenvalue weighted by Gasteiger charge is 2.06. The molecule has 18 heavy (non-hydrogen) atoms. The molecule has 0 aliphatic heterocycles. The zero-order valence-electron chi connectivity index (χ0n) is 9.76. The molecule has 0 saturated heterocycles. The minimum Gasteiger partial charge on any atom is -0.508 e. The number of nitrogens with one attached hydrogen (secondary N) is 1. The summed E-state index contributed by atoms with van der Waals surface area (Å²) < 4.78 is 0. The van der Waals surface area contributed by atoms with Crippen molar-refractivity contribution < 1.29 is 9.90 Å².